The molecule has 0 aromatic heterocycles. The lowest BCUT2D eigenvalue weighted by atomic mass is 10.1. The van der Waals surface area contributed by atoms with Crippen LogP contribution in [0.1, 0.15) is 31.7 Å². The topological polar surface area (TPSA) is 41.9 Å². The molecule has 0 saturated carbocycles. The van der Waals surface area contributed by atoms with Gasteiger partial charge >= 0.3 is 0 Å². The molecule has 0 unspecified atom stereocenters. The van der Waals surface area contributed by atoms with Crippen LogP contribution in [-0.2, 0) is 6.54 Å². The predicted molar refractivity (Wildman–Crippen MR) is 84.3 cm³/mol. The first-order valence-electron chi connectivity index (χ1n) is 7.53. The molecular formula is C16H24ClNO3. The Balaban J connectivity index is 2.15. The van der Waals surface area contributed by atoms with Crippen LogP contribution in [0.25, 0.3) is 0 Å². The smallest absolute Gasteiger partial charge is 0.179 e. The van der Waals surface area contributed by atoms with Gasteiger partial charge in [0.15, 0.2) is 11.5 Å². The van der Waals surface area contributed by atoms with Crippen molar-refractivity contribution in [2.45, 2.75) is 38.8 Å². The summed E-state index contributed by atoms with van der Waals surface area (Å²) in [5.41, 5.74) is 1.08. The van der Waals surface area contributed by atoms with Crippen molar-refractivity contribution in [1.29, 1.82) is 0 Å². The molecule has 5 heteroatoms. The first kappa shape index (κ1) is 16.4. The van der Waals surface area contributed by atoms with E-state index in [-0.39, 0.29) is 12.6 Å². The Morgan fingerprint density at radius 2 is 2.24 bits per heavy atom. The SMILES string of the molecule is CCCOc1c(Cl)cc(CN2CCC[C@@H]2CO)cc1OC. The highest BCUT2D eigenvalue weighted by Gasteiger charge is 2.24. The summed E-state index contributed by atoms with van der Waals surface area (Å²) in [6, 6.07) is 4.16. The van der Waals surface area contributed by atoms with Crippen LogP contribution in [0.15, 0.2) is 12.1 Å². The van der Waals surface area contributed by atoms with Crippen LogP contribution in [-0.4, -0.2) is 42.9 Å². The van der Waals surface area contributed by atoms with Gasteiger partial charge in [0.1, 0.15) is 0 Å². The van der Waals surface area contributed by atoms with Crippen molar-refractivity contribution in [3.05, 3.63) is 22.7 Å². The number of benzene rings is 1. The minimum absolute atomic E-state index is 0.211. The fourth-order valence-corrected chi connectivity index (χ4v) is 3.04. The molecule has 4 nitrogen and oxygen atoms in total. The lowest BCUT2D eigenvalue weighted by Crippen LogP contribution is -2.31. The Kier molecular flexibility index (Phi) is 6.15. The molecule has 1 aromatic rings. The van der Waals surface area contributed by atoms with Crippen LogP contribution in [0.5, 0.6) is 11.5 Å². The molecule has 2 rings (SSSR count). The van der Waals surface area contributed by atoms with Crippen molar-refractivity contribution in [1.82, 2.24) is 4.90 Å². The molecule has 1 fully saturated rings. The molecule has 1 atom stereocenters. The molecule has 1 saturated heterocycles. The molecule has 118 valence electrons. The number of aliphatic hydroxyl groups excluding tert-OH is 1. The van der Waals surface area contributed by atoms with Crippen LogP contribution in [0.3, 0.4) is 0 Å². The van der Waals surface area contributed by atoms with E-state index in [1.165, 1.54) is 0 Å². The number of nitrogens with zero attached hydrogens (tertiary/aromatic N) is 1. The summed E-state index contributed by atoms with van der Waals surface area (Å²) < 4.78 is 11.1. The highest BCUT2D eigenvalue weighted by atomic mass is 35.5. The second-order valence-electron chi connectivity index (χ2n) is 5.41. The van der Waals surface area contributed by atoms with Gasteiger partial charge in [-0.25, -0.2) is 0 Å². The standard InChI is InChI=1S/C16H24ClNO3/c1-3-7-21-16-14(17)8-12(9-15(16)20-2)10-18-6-4-5-13(18)11-19/h8-9,13,19H,3-7,10-11H2,1-2H3/t13-/m1/s1. The van der Waals surface area contributed by atoms with Crippen molar-refractivity contribution in [2.75, 3.05) is 26.9 Å². The average Bonchev–Trinajstić information content (AvgIpc) is 2.92. The molecule has 0 radical (unpaired) electrons. The van der Waals surface area contributed by atoms with Gasteiger partial charge < -0.3 is 14.6 Å². The monoisotopic (exact) mass is 313 g/mol. The number of aliphatic hydroxyl groups is 1. The van der Waals surface area contributed by atoms with E-state index in [9.17, 15) is 5.11 Å². The minimum Gasteiger partial charge on any atom is -0.493 e. The maximum atomic E-state index is 9.40. The van der Waals surface area contributed by atoms with E-state index < -0.39 is 0 Å². The molecular weight excluding hydrogens is 290 g/mol. The lowest BCUT2D eigenvalue weighted by Gasteiger charge is -2.23. The summed E-state index contributed by atoms with van der Waals surface area (Å²) in [6.45, 7) is 4.67. The Bertz CT molecular complexity index is 467. The molecule has 0 spiro atoms. The summed E-state index contributed by atoms with van der Waals surface area (Å²) in [5, 5.41) is 9.98. The molecule has 0 aliphatic carbocycles. The van der Waals surface area contributed by atoms with E-state index in [0.29, 0.717) is 23.1 Å². The number of hydrogen-bond acceptors (Lipinski definition) is 4. The quantitative estimate of drug-likeness (QED) is 0.840. The summed E-state index contributed by atoms with van der Waals surface area (Å²) in [6.07, 6.45) is 3.11. The molecule has 0 amide bonds. The molecule has 1 N–H and O–H groups in total. The van der Waals surface area contributed by atoms with E-state index >= 15 is 0 Å². The number of likely N-dealkylation sites (tertiary alicyclic amines) is 1. The normalized spacial score (nSPS) is 19.0. The molecule has 1 heterocycles. The maximum absolute atomic E-state index is 9.40. The van der Waals surface area contributed by atoms with Crippen molar-refractivity contribution < 1.29 is 14.6 Å². The van der Waals surface area contributed by atoms with E-state index in [2.05, 4.69) is 11.8 Å². The number of hydrogen-bond donors (Lipinski definition) is 1. The second kappa shape index (κ2) is 7.87. The summed E-state index contributed by atoms with van der Waals surface area (Å²) >= 11 is 6.33. The average molecular weight is 314 g/mol. The second-order valence-corrected chi connectivity index (χ2v) is 5.81. The summed E-state index contributed by atoms with van der Waals surface area (Å²) in [4.78, 5) is 2.29. The molecule has 21 heavy (non-hydrogen) atoms. The fourth-order valence-electron chi connectivity index (χ4n) is 2.75. The van der Waals surface area contributed by atoms with E-state index in [1.54, 1.807) is 7.11 Å². The highest BCUT2D eigenvalue weighted by Crippen LogP contribution is 2.37. The van der Waals surface area contributed by atoms with Gasteiger partial charge in [0.05, 0.1) is 25.3 Å². The van der Waals surface area contributed by atoms with E-state index in [1.807, 2.05) is 12.1 Å². The largest absolute Gasteiger partial charge is 0.493 e. The van der Waals surface area contributed by atoms with Gasteiger partial charge in [-0.15, -0.1) is 0 Å². The van der Waals surface area contributed by atoms with Gasteiger partial charge in [-0.05, 0) is 43.5 Å². The van der Waals surface area contributed by atoms with Gasteiger partial charge in [-0.1, -0.05) is 18.5 Å². The Labute approximate surface area is 131 Å². The first-order chi connectivity index (χ1) is 10.2. The molecule has 1 aliphatic heterocycles. The summed E-state index contributed by atoms with van der Waals surface area (Å²) in [7, 11) is 1.63. The zero-order valence-electron chi connectivity index (χ0n) is 12.8. The Hall–Kier alpha value is -0.970. The first-order valence-corrected chi connectivity index (χ1v) is 7.91. The van der Waals surface area contributed by atoms with E-state index in [4.69, 9.17) is 21.1 Å². The van der Waals surface area contributed by atoms with Gasteiger partial charge in [-0.2, -0.15) is 0 Å². The van der Waals surface area contributed by atoms with Crippen molar-refractivity contribution in [3.8, 4) is 11.5 Å². The third-order valence-electron chi connectivity index (χ3n) is 3.84. The predicted octanol–water partition coefficient (Wildman–Crippen LogP) is 3.09. The van der Waals surface area contributed by atoms with Crippen molar-refractivity contribution in [2.24, 2.45) is 0 Å². The number of rotatable bonds is 7. The number of methoxy groups -OCH3 is 1. The van der Waals surface area contributed by atoms with Gasteiger partial charge in [0.2, 0.25) is 0 Å². The number of halogens is 1. The van der Waals surface area contributed by atoms with Crippen molar-refractivity contribution >= 4 is 11.6 Å². The van der Waals surface area contributed by atoms with Crippen LogP contribution in [0.4, 0.5) is 0 Å². The Morgan fingerprint density at radius 3 is 2.90 bits per heavy atom. The number of ether oxygens (including phenoxy) is 2. The maximum Gasteiger partial charge on any atom is 0.179 e. The molecule has 0 bridgehead atoms. The zero-order valence-corrected chi connectivity index (χ0v) is 13.5. The lowest BCUT2D eigenvalue weighted by molar-refractivity contribution is 0.153. The van der Waals surface area contributed by atoms with Crippen molar-refractivity contribution in [3.63, 3.8) is 0 Å². The van der Waals surface area contributed by atoms with Gasteiger partial charge in [0.25, 0.3) is 0 Å². The van der Waals surface area contributed by atoms with Crippen LogP contribution in [0.2, 0.25) is 5.02 Å². The third-order valence-corrected chi connectivity index (χ3v) is 4.12. The zero-order chi connectivity index (χ0) is 15.2. The summed E-state index contributed by atoms with van der Waals surface area (Å²) in [5.74, 6) is 1.29. The van der Waals surface area contributed by atoms with Crippen LogP contribution >= 0.6 is 11.6 Å². The van der Waals surface area contributed by atoms with Gasteiger partial charge in [-0.3, -0.25) is 4.90 Å². The van der Waals surface area contributed by atoms with Crippen LogP contribution in [0, 0.1) is 0 Å². The molecule has 1 aromatic carbocycles. The highest BCUT2D eigenvalue weighted by molar-refractivity contribution is 6.32. The third kappa shape index (κ3) is 4.02. The fraction of sp³-hybridized carbons (Fsp3) is 0.625. The van der Waals surface area contributed by atoms with Crippen LogP contribution < -0.4 is 9.47 Å². The Morgan fingerprint density at radius 1 is 1.43 bits per heavy atom. The molecule has 1 aliphatic rings. The minimum atomic E-state index is 0.211. The van der Waals surface area contributed by atoms with Gasteiger partial charge in [0, 0.05) is 12.6 Å². The van der Waals surface area contributed by atoms with E-state index in [0.717, 1.165) is 37.9 Å².